The van der Waals surface area contributed by atoms with E-state index in [9.17, 15) is 0 Å². The highest BCUT2D eigenvalue weighted by Crippen LogP contribution is 2.03. The zero-order chi connectivity index (χ0) is 9.61. The predicted molar refractivity (Wildman–Crippen MR) is 50.4 cm³/mol. The standard InChI is InChI=1S/C9H21NO2/c1-8(6-11-4)10-9(2,3)7-12-5/h8,10H,6-7H2,1-5H3. The molecule has 1 atom stereocenters. The second-order valence-corrected chi connectivity index (χ2v) is 3.82. The molecule has 0 spiro atoms. The van der Waals surface area contributed by atoms with Gasteiger partial charge in [0.25, 0.3) is 0 Å². The Morgan fingerprint density at radius 1 is 1.25 bits per heavy atom. The lowest BCUT2D eigenvalue weighted by atomic mass is 10.1. The molecule has 1 unspecified atom stereocenters. The van der Waals surface area contributed by atoms with Crippen molar-refractivity contribution in [2.24, 2.45) is 0 Å². The van der Waals surface area contributed by atoms with E-state index in [2.05, 4.69) is 26.1 Å². The Morgan fingerprint density at radius 3 is 2.25 bits per heavy atom. The van der Waals surface area contributed by atoms with Crippen LogP contribution in [0.4, 0.5) is 0 Å². The maximum atomic E-state index is 5.08. The van der Waals surface area contributed by atoms with Crippen molar-refractivity contribution >= 4 is 0 Å². The van der Waals surface area contributed by atoms with E-state index < -0.39 is 0 Å². The van der Waals surface area contributed by atoms with Crippen LogP contribution in [0.1, 0.15) is 20.8 Å². The number of hydrogen-bond donors (Lipinski definition) is 1. The molecule has 0 aliphatic heterocycles. The number of methoxy groups -OCH3 is 2. The van der Waals surface area contributed by atoms with Gasteiger partial charge in [-0.25, -0.2) is 0 Å². The van der Waals surface area contributed by atoms with Gasteiger partial charge in [-0.1, -0.05) is 0 Å². The van der Waals surface area contributed by atoms with Crippen LogP contribution < -0.4 is 5.32 Å². The van der Waals surface area contributed by atoms with E-state index in [0.29, 0.717) is 12.6 Å². The summed E-state index contributed by atoms with van der Waals surface area (Å²) in [5.74, 6) is 0. The molecule has 0 aromatic rings. The van der Waals surface area contributed by atoms with E-state index in [1.807, 2.05) is 0 Å². The van der Waals surface area contributed by atoms with Gasteiger partial charge in [0.1, 0.15) is 0 Å². The van der Waals surface area contributed by atoms with Gasteiger partial charge in [-0.2, -0.15) is 0 Å². The predicted octanol–water partition coefficient (Wildman–Crippen LogP) is 1.04. The van der Waals surface area contributed by atoms with Crippen molar-refractivity contribution in [3.63, 3.8) is 0 Å². The number of rotatable bonds is 6. The van der Waals surface area contributed by atoms with E-state index in [1.54, 1.807) is 14.2 Å². The third-order valence-electron chi connectivity index (χ3n) is 1.56. The molecule has 0 bridgehead atoms. The molecular weight excluding hydrogens is 154 g/mol. The highest BCUT2D eigenvalue weighted by molar-refractivity contribution is 4.79. The van der Waals surface area contributed by atoms with Crippen LogP contribution in [0.2, 0.25) is 0 Å². The largest absolute Gasteiger partial charge is 0.383 e. The molecule has 0 aliphatic rings. The Morgan fingerprint density at radius 2 is 1.83 bits per heavy atom. The van der Waals surface area contributed by atoms with Gasteiger partial charge in [0, 0.05) is 25.8 Å². The molecule has 74 valence electrons. The zero-order valence-electron chi connectivity index (χ0n) is 8.81. The van der Waals surface area contributed by atoms with Crippen LogP contribution in [0, 0.1) is 0 Å². The highest BCUT2D eigenvalue weighted by atomic mass is 16.5. The summed E-state index contributed by atoms with van der Waals surface area (Å²) in [4.78, 5) is 0. The minimum Gasteiger partial charge on any atom is -0.383 e. The van der Waals surface area contributed by atoms with Gasteiger partial charge in [-0.15, -0.1) is 0 Å². The normalized spacial score (nSPS) is 14.8. The van der Waals surface area contributed by atoms with Crippen LogP contribution in [0.15, 0.2) is 0 Å². The van der Waals surface area contributed by atoms with Gasteiger partial charge in [-0.05, 0) is 20.8 Å². The molecule has 0 rings (SSSR count). The Labute approximate surface area is 75.4 Å². The van der Waals surface area contributed by atoms with Gasteiger partial charge in [0.15, 0.2) is 0 Å². The van der Waals surface area contributed by atoms with Gasteiger partial charge < -0.3 is 14.8 Å². The van der Waals surface area contributed by atoms with Crippen LogP contribution in [0.5, 0.6) is 0 Å². The number of nitrogens with one attached hydrogen (secondary N) is 1. The van der Waals surface area contributed by atoms with Crippen LogP contribution in [0.25, 0.3) is 0 Å². The second kappa shape index (κ2) is 5.51. The molecule has 3 nitrogen and oxygen atoms in total. The molecule has 0 heterocycles. The first-order valence-electron chi connectivity index (χ1n) is 4.27. The Bertz CT molecular complexity index is 115. The van der Waals surface area contributed by atoms with Gasteiger partial charge in [0.05, 0.1) is 13.2 Å². The van der Waals surface area contributed by atoms with Crippen molar-refractivity contribution in [3.05, 3.63) is 0 Å². The third kappa shape index (κ3) is 5.52. The number of hydrogen-bond acceptors (Lipinski definition) is 3. The minimum absolute atomic E-state index is 0.0205. The molecule has 0 fully saturated rings. The SMILES string of the molecule is COCC(C)NC(C)(C)COC. The third-order valence-corrected chi connectivity index (χ3v) is 1.56. The molecule has 3 heteroatoms. The first kappa shape index (κ1) is 11.9. The Hall–Kier alpha value is -0.120. The fourth-order valence-electron chi connectivity index (χ4n) is 1.36. The van der Waals surface area contributed by atoms with Crippen LogP contribution in [-0.4, -0.2) is 39.0 Å². The minimum atomic E-state index is 0.0205. The van der Waals surface area contributed by atoms with Crippen molar-refractivity contribution < 1.29 is 9.47 Å². The molecule has 0 aromatic carbocycles. The first-order chi connectivity index (χ1) is 5.52. The molecular formula is C9H21NO2. The summed E-state index contributed by atoms with van der Waals surface area (Å²) in [5.41, 5.74) is 0.0205. The van der Waals surface area contributed by atoms with E-state index in [-0.39, 0.29) is 5.54 Å². The van der Waals surface area contributed by atoms with Crippen molar-refractivity contribution in [2.45, 2.75) is 32.4 Å². The molecule has 12 heavy (non-hydrogen) atoms. The first-order valence-corrected chi connectivity index (χ1v) is 4.27. The number of ether oxygens (including phenoxy) is 2. The monoisotopic (exact) mass is 175 g/mol. The van der Waals surface area contributed by atoms with Gasteiger partial charge >= 0.3 is 0 Å². The zero-order valence-corrected chi connectivity index (χ0v) is 8.81. The average molecular weight is 175 g/mol. The van der Waals surface area contributed by atoms with Crippen molar-refractivity contribution in [2.75, 3.05) is 27.4 Å². The van der Waals surface area contributed by atoms with Crippen molar-refractivity contribution in [3.8, 4) is 0 Å². The topological polar surface area (TPSA) is 30.5 Å². The molecule has 0 amide bonds. The quantitative estimate of drug-likeness (QED) is 0.654. The lowest BCUT2D eigenvalue weighted by Gasteiger charge is -2.29. The van der Waals surface area contributed by atoms with E-state index in [4.69, 9.17) is 9.47 Å². The van der Waals surface area contributed by atoms with Crippen LogP contribution >= 0.6 is 0 Å². The lowest BCUT2D eigenvalue weighted by Crippen LogP contribution is -2.49. The summed E-state index contributed by atoms with van der Waals surface area (Å²) in [6, 6.07) is 0.361. The summed E-state index contributed by atoms with van der Waals surface area (Å²) in [5, 5.41) is 3.41. The Kier molecular flexibility index (Phi) is 5.46. The summed E-state index contributed by atoms with van der Waals surface area (Å²) in [6.07, 6.45) is 0. The average Bonchev–Trinajstić information content (AvgIpc) is 1.85. The van der Waals surface area contributed by atoms with Gasteiger partial charge in [0.2, 0.25) is 0 Å². The lowest BCUT2D eigenvalue weighted by molar-refractivity contribution is 0.102. The fourth-order valence-corrected chi connectivity index (χ4v) is 1.36. The van der Waals surface area contributed by atoms with E-state index >= 15 is 0 Å². The molecule has 0 saturated heterocycles. The molecule has 0 aromatic heterocycles. The maximum Gasteiger partial charge on any atom is 0.0639 e. The van der Waals surface area contributed by atoms with E-state index in [1.165, 1.54) is 0 Å². The molecule has 0 aliphatic carbocycles. The van der Waals surface area contributed by atoms with Crippen molar-refractivity contribution in [1.82, 2.24) is 5.32 Å². The van der Waals surface area contributed by atoms with E-state index in [0.717, 1.165) is 6.61 Å². The Balaban J connectivity index is 3.70. The molecule has 0 radical (unpaired) electrons. The fraction of sp³-hybridized carbons (Fsp3) is 1.00. The van der Waals surface area contributed by atoms with Crippen LogP contribution in [0.3, 0.4) is 0 Å². The highest BCUT2D eigenvalue weighted by Gasteiger charge is 2.19. The van der Waals surface area contributed by atoms with Crippen molar-refractivity contribution in [1.29, 1.82) is 0 Å². The molecule has 0 saturated carbocycles. The summed E-state index contributed by atoms with van der Waals surface area (Å²) in [7, 11) is 3.42. The second-order valence-electron chi connectivity index (χ2n) is 3.82. The summed E-state index contributed by atoms with van der Waals surface area (Å²) < 4.78 is 10.1. The summed E-state index contributed by atoms with van der Waals surface area (Å²) >= 11 is 0. The van der Waals surface area contributed by atoms with Crippen LogP contribution in [-0.2, 0) is 9.47 Å². The molecule has 1 N–H and O–H groups in total. The van der Waals surface area contributed by atoms with Gasteiger partial charge in [-0.3, -0.25) is 0 Å². The maximum absolute atomic E-state index is 5.08. The smallest absolute Gasteiger partial charge is 0.0639 e. The summed E-state index contributed by atoms with van der Waals surface area (Å²) in [6.45, 7) is 7.76.